The van der Waals surface area contributed by atoms with E-state index in [1.165, 1.54) is 11.3 Å². The van der Waals surface area contributed by atoms with Crippen LogP contribution in [0.3, 0.4) is 0 Å². The normalized spacial score (nSPS) is 17.3. The second kappa shape index (κ2) is 6.50. The van der Waals surface area contributed by atoms with Crippen molar-refractivity contribution < 1.29 is 9.59 Å². The minimum atomic E-state index is 0.105. The fraction of sp³-hybridized carbons (Fsp3) is 0.538. The molecule has 0 N–H and O–H groups in total. The molecule has 0 aromatic carbocycles. The van der Waals surface area contributed by atoms with Crippen LogP contribution in [-0.2, 0) is 4.79 Å². The molecule has 0 atom stereocenters. The molecule has 2 rings (SSSR count). The van der Waals surface area contributed by atoms with Crippen molar-refractivity contribution in [1.82, 2.24) is 9.80 Å². The first-order chi connectivity index (χ1) is 9.06. The molecular weight excluding hydrogens is 284 g/mol. The molecule has 104 valence electrons. The Kier molecular flexibility index (Phi) is 4.96. The van der Waals surface area contributed by atoms with Crippen molar-refractivity contribution in [3.8, 4) is 0 Å². The summed E-state index contributed by atoms with van der Waals surface area (Å²) in [7, 11) is 0. The molecule has 0 radical (unpaired) electrons. The zero-order chi connectivity index (χ0) is 13.8. The topological polar surface area (TPSA) is 40.6 Å². The van der Waals surface area contributed by atoms with Crippen LogP contribution in [0.5, 0.6) is 0 Å². The molecule has 0 saturated carbocycles. The summed E-state index contributed by atoms with van der Waals surface area (Å²) in [6.07, 6.45) is 0.915. The molecule has 1 aliphatic heterocycles. The van der Waals surface area contributed by atoms with Gasteiger partial charge in [0, 0.05) is 33.1 Å². The summed E-state index contributed by atoms with van der Waals surface area (Å²) < 4.78 is 0.641. The maximum atomic E-state index is 12.1. The monoisotopic (exact) mass is 300 g/mol. The van der Waals surface area contributed by atoms with Crippen LogP contribution in [0.25, 0.3) is 0 Å². The Bertz CT molecular complexity index is 475. The van der Waals surface area contributed by atoms with Crippen LogP contribution in [-0.4, -0.2) is 54.2 Å². The van der Waals surface area contributed by atoms with E-state index in [0.717, 1.165) is 26.1 Å². The number of hydrogen-bond donors (Lipinski definition) is 0. The number of rotatable bonds is 3. The van der Waals surface area contributed by atoms with Gasteiger partial charge in [0.15, 0.2) is 5.78 Å². The van der Waals surface area contributed by atoms with Gasteiger partial charge < -0.3 is 4.90 Å². The van der Waals surface area contributed by atoms with Crippen molar-refractivity contribution in [1.29, 1.82) is 0 Å². The van der Waals surface area contributed by atoms with Gasteiger partial charge in [-0.3, -0.25) is 14.5 Å². The molecule has 19 heavy (non-hydrogen) atoms. The molecule has 1 aliphatic rings. The molecule has 1 fully saturated rings. The minimum absolute atomic E-state index is 0.105. The Morgan fingerprint density at radius 2 is 2.05 bits per heavy atom. The number of hydrogen-bond acceptors (Lipinski definition) is 4. The van der Waals surface area contributed by atoms with E-state index in [1.54, 1.807) is 19.1 Å². The van der Waals surface area contributed by atoms with E-state index in [4.69, 9.17) is 11.6 Å². The summed E-state index contributed by atoms with van der Waals surface area (Å²) in [5.74, 6) is 0.214. The third-order valence-corrected chi connectivity index (χ3v) is 4.52. The van der Waals surface area contributed by atoms with Crippen molar-refractivity contribution in [3.63, 3.8) is 0 Å². The Hall–Kier alpha value is -0.910. The number of carbonyl (C=O) groups is 2. The van der Waals surface area contributed by atoms with Gasteiger partial charge in [-0.1, -0.05) is 11.6 Å². The van der Waals surface area contributed by atoms with Gasteiger partial charge in [-0.15, -0.1) is 11.3 Å². The third kappa shape index (κ3) is 4.03. The van der Waals surface area contributed by atoms with Gasteiger partial charge >= 0.3 is 0 Å². The predicted octanol–water partition coefficient (Wildman–Crippen LogP) is 2.14. The fourth-order valence-electron chi connectivity index (χ4n) is 2.19. The fourth-order valence-corrected chi connectivity index (χ4v) is 3.16. The summed E-state index contributed by atoms with van der Waals surface area (Å²) in [6, 6.07) is 3.52. The summed E-state index contributed by atoms with van der Waals surface area (Å²) >= 11 is 7.16. The number of ketones is 1. The largest absolute Gasteiger partial charge is 0.342 e. The zero-order valence-electron chi connectivity index (χ0n) is 10.9. The van der Waals surface area contributed by atoms with Gasteiger partial charge in [0.05, 0.1) is 15.8 Å². The van der Waals surface area contributed by atoms with Gasteiger partial charge in [-0.05, 0) is 18.6 Å². The Morgan fingerprint density at radius 3 is 2.68 bits per heavy atom. The first-order valence-corrected chi connectivity index (χ1v) is 7.52. The lowest BCUT2D eigenvalue weighted by atomic mass is 10.3. The van der Waals surface area contributed by atoms with Gasteiger partial charge in [0.2, 0.25) is 5.91 Å². The first-order valence-electron chi connectivity index (χ1n) is 6.32. The number of thiophene rings is 1. The quantitative estimate of drug-likeness (QED) is 0.803. The predicted molar refractivity (Wildman–Crippen MR) is 77.0 cm³/mol. The number of Topliss-reactive ketones (excluding diaryl/α,β-unsaturated/α-hetero) is 1. The molecule has 1 saturated heterocycles. The standard InChI is InChI=1S/C13H17ClN2O2S/c1-10(17)16-6-2-5-15(7-8-16)9-11(18)12-3-4-13(14)19-12/h3-4H,2,5-9H2,1H3. The minimum Gasteiger partial charge on any atom is -0.342 e. The SMILES string of the molecule is CC(=O)N1CCCN(CC(=O)c2ccc(Cl)s2)CC1. The average Bonchev–Trinajstić information content (AvgIpc) is 2.65. The van der Waals surface area contributed by atoms with E-state index in [2.05, 4.69) is 4.90 Å². The van der Waals surface area contributed by atoms with Gasteiger partial charge in [0.1, 0.15) is 0 Å². The summed E-state index contributed by atoms with van der Waals surface area (Å²) in [5, 5.41) is 0. The second-order valence-corrected chi connectivity index (χ2v) is 6.38. The summed E-state index contributed by atoms with van der Waals surface area (Å²) in [6.45, 7) is 5.09. The second-order valence-electron chi connectivity index (χ2n) is 4.66. The van der Waals surface area contributed by atoms with E-state index in [-0.39, 0.29) is 11.7 Å². The lowest BCUT2D eigenvalue weighted by Crippen LogP contribution is -2.35. The van der Waals surface area contributed by atoms with Crippen molar-refractivity contribution >= 4 is 34.6 Å². The Labute approximate surface area is 121 Å². The molecule has 1 aromatic heterocycles. The van der Waals surface area contributed by atoms with Gasteiger partial charge in [-0.2, -0.15) is 0 Å². The molecule has 0 aliphatic carbocycles. The van der Waals surface area contributed by atoms with Crippen LogP contribution in [0.2, 0.25) is 4.34 Å². The highest BCUT2D eigenvalue weighted by Gasteiger charge is 2.19. The molecule has 0 bridgehead atoms. The van der Waals surface area contributed by atoms with Crippen molar-refractivity contribution in [3.05, 3.63) is 21.3 Å². The molecule has 6 heteroatoms. The maximum Gasteiger partial charge on any atom is 0.219 e. The molecule has 0 unspecified atom stereocenters. The van der Waals surface area contributed by atoms with Crippen molar-refractivity contribution in [2.24, 2.45) is 0 Å². The summed E-state index contributed by atoms with van der Waals surface area (Å²) in [5.41, 5.74) is 0. The van der Waals surface area contributed by atoms with Gasteiger partial charge in [0.25, 0.3) is 0 Å². The van der Waals surface area contributed by atoms with Crippen LogP contribution in [0, 0.1) is 0 Å². The molecule has 2 heterocycles. The highest BCUT2D eigenvalue weighted by atomic mass is 35.5. The maximum absolute atomic E-state index is 12.1. The highest BCUT2D eigenvalue weighted by molar-refractivity contribution is 7.18. The van der Waals surface area contributed by atoms with Crippen molar-refractivity contribution in [2.45, 2.75) is 13.3 Å². The Morgan fingerprint density at radius 1 is 1.26 bits per heavy atom. The van der Waals surface area contributed by atoms with Crippen LogP contribution < -0.4 is 0 Å². The molecule has 1 aromatic rings. The smallest absolute Gasteiger partial charge is 0.219 e. The lowest BCUT2D eigenvalue weighted by molar-refractivity contribution is -0.128. The highest BCUT2D eigenvalue weighted by Crippen LogP contribution is 2.22. The van der Waals surface area contributed by atoms with Crippen LogP contribution in [0.1, 0.15) is 23.0 Å². The van der Waals surface area contributed by atoms with E-state index in [1.807, 2.05) is 4.90 Å². The van der Waals surface area contributed by atoms with Crippen LogP contribution in [0.15, 0.2) is 12.1 Å². The number of halogens is 1. The molecular formula is C13H17ClN2O2S. The van der Waals surface area contributed by atoms with Gasteiger partial charge in [-0.25, -0.2) is 0 Å². The number of amides is 1. The van der Waals surface area contributed by atoms with E-state index in [9.17, 15) is 9.59 Å². The molecule has 1 amide bonds. The van der Waals surface area contributed by atoms with Crippen LogP contribution >= 0.6 is 22.9 Å². The lowest BCUT2D eigenvalue weighted by Gasteiger charge is -2.20. The first kappa shape index (κ1) is 14.5. The Balaban J connectivity index is 1.89. The number of carbonyl (C=O) groups excluding carboxylic acids is 2. The van der Waals surface area contributed by atoms with E-state index >= 15 is 0 Å². The summed E-state index contributed by atoms with van der Waals surface area (Å²) in [4.78, 5) is 28.1. The zero-order valence-corrected chi connectivity index (χ0v) is 12.5. The van der Waals surface area contributed by atoms with E-state index < -0.39 is 0 Å². The molecule has 0 spiro atoms. The van der Waals surface area contributed by atoms with E-state index in [0.29, 0.717) is 22.3 Å². The third-order valence-electron chi connectivity index (χ3n) is 3.25. The van der Waals surface area contributed by atoms with Crippen molar-refractivity contribution in [2.75, 3.05) is 32.7 Å². The number of nitrogens with zero attached hydrogens (tertiary/aromatic N) is 2. The molecule has 4 nitrogen and oxygen atoms in total. The average molecular weight is 301 g/mol. The van der Waals surface area contributed by atoms with Crippen LogP contribution in [0.4, 0.5) is 0 Å².